The van der Waals surface area contributed by atoms with E-state index in [0.717, 1.165) is 66.7 Å². The molecule has 4 aromatic rings. The molecule has 3 aromatic carbocycles. The first kappa shape index (κ1) is 34.5. The average Bonchev–Trinajstić information content (AvgIpc) is 3.10. The second-order valence-electron chi connectivity index (χ2n) is 11.7. The first-order chi connectivity index (χ1) is 22.9. The van der Waals surface area contributed by atoms with Crippen molar-refractivity contribution in [2.75, 3.05) is 32.8 Å². The van der Waals surface area contributed by atoms with E-state index in [-0.39, 0.29) is 26.4 Å². The van der Waals surface area contributed by atoms with Crippen LogP contribution in [0.5, 0.6) is 17.2 Å². The lowest BCUT2D eigenvalue weighted by atomic mass is 9.96. The molecule has 1 aliphatic rings. The standard InChI is InChI=1S/C37H39Cl2N3O5/c1-25-29(24-47-36-16-35(30(22-44)15-33(36)38)46-23-28-14-27(17-40)18-41-19-28)7-2-8-31(25)32-9-3-10-34(37(32)39)45-13-5-12-42-11-4-6-26(20-42)21-43/h2-3,7-10,14-16,18-19,26,43-44H,4-6,11-13,20-24H2,1H3. The molecule has 1 unspecified atom stereocenters. The van der Waals surface area contributed by atoms with Gasteiger partial charge in [-0.05, 0) is 73.5 Å². The van der Waals surface area contributed by atoms with E-state index in [9.17, 15) is 10.2 Å². The summed E-state index contributed by atoms with van der Waals surface area (Å²) in [4.78, 5) is 6.47. The monoisotopic (exact) mass is 675 g/mol. The van der Waals surface area contributed by atoms with Gasteiger partial charge in [-0.2, -0.15) is 5.26 Å². The van der Waals surface area contributed by atoms with E-state index in [1.54, 1.807) is 24.4 Å². The maximum Gasteiger partial charge on any atom is 0.142 e. The molecule has 1 fully saturated rings. The molecule has 10 heteroatoms. The summed E-state index contributed by atoms with van der Waals surface area (Å²) in [6.07, 6.45) is 6.21. The summed E-state index contributed by atoms with van der Waals surface area (Å²) >= 11 is 13.4. The van der Waals surface area contributed by atoms with Gasteiger partial charge in [0.25, 0.3) is 0 Å². The largest absolute Gasteiger partial charge is 0.492 e. The number of rotatable bonds is 14. The number of hydrogen-bond acceptors (Lipinski definition) is 8. The molecule has 2 N–H and O–H groups in total. The van der Waals surface area contributed by atoms with Gasteiger partial charge in [0.05, 0.1) is 28.8 Å². The van der Waals surface area contributed by atoms with Crippen LogP contribution in [0.4, 0.5) is 0 Å². The zero-order valence-electron chi connectivity index (χ0n) is 26.4. The fourth-order valence-electron chi connectivity index (χ4n) is 5.82. The molecule has 0 radical (unpaired) electrons. The van der Waals surface area contributed by atoms with Gasteiger partial charge in [-0.15, -0.1) is 0 Å². The minimum atomic E-state index is -0.264. The fourth-order valence-corrected chi connectivity index (χ4v) is 6.35. The summed E-state index contributed by atoms with van der Waals surface area (Å²) < 4.78 is 18.3. The first-order valence-electron chi connectivity index (χ1n) is 15.8. The van der Waals surface area contributed by atoms with Crippen molar-refractivity contribution in [3.8, 4) is 34.4 Å². The lowest BCUT2D eigenvalue weighted by Crippen LogP contribution is -2.37. The Morgan fingerprint density at radius 2 is 1.74 bits per heavy atom. The van der Waals surface area contributed by atoms with Gasteiger partial charge in [0, 0.05) is 54.8 Å². The fraction of sp³-hybridized carbons (Fsp3) is 0.351. The number of hydrogen-bond donors (Lipinski definition) is 2. The Balaban J connectivity index is 1.24. The molecular weight excluding hydrogens is 637 g/mol. The lowest BCUT2D eigenvalue weighted by Gasteiger charge is -2.31. The van der Waals surface area contributed by atoms with Crippen molar-refractivity contribution in [3.05, 3.63) is 105 Å². The van der Waals surface area contributed by atoms with E-state index in [2.05, 4.69) is 16.0 Å². The van der Waals surface area contributed by atoms with Gasteiger partial charge in [0.1, 0.15) is 36.5 Å². The molecule has 246 valence electrons. The van der Waals surface area contributed by atoms with Crippen LogP contribution in [0.3, 0.4) is 0 Å². The molecule has 0 aliphatic carbocycles. The SMILES string of the molecule is Cc1c(COc2cc(OCc3cncc(C#N)c3)c(CO)cc2Cl)cccc1-c1cccc(OCCCN2CCCC(CO)C2)c1Cl. The van der Waals surface area contributed by atoms with Crippen molar-refractivity contribution >= 4 is 23.2 Å². The summed E-state index contributed by atoms with van der Waals surface area (Å²) in [7, 11) is 0. The lowest BCUT2D eigenvalue weighted by molar-refractivity contribution is 0.115. The maximum absolute atomic E-state index is 9.91. The van der Waals surface area contributed by atoms with Crippen LogP contribution in [0.15, 0.2) is 67.0 Å². The number of halogens is 2. The molecule has 0 amide bonds. The van der Waals surface area contributed by atoms with Crippen LogP contribution in [0.1, 0.15) is 47.1 Å². The summed E-state index contributed by atoms with van der Waals surface area (Å²) in [5, 5.41) is 29.5. The van der Waals surface area contributed by atoms with Gasteiger partial charge in [0.15, 0.2) is 0 Å². The van der Waals surface area contributed by atoms with E-state index in [1.807, 2.05) is 43.3 Å². The number of aliphatic hydroxyl groups excluding tert-OH is 2. The Morgan fingerprint density at radius 1 is 0.936 bits per heavy atom. The third kappa shape index (κ3) is 8.95. The van der Waals surface area contributed by atoms with Crippen molar-refractivity contribution in [1.82, 2.24) is 9.88 Å². The second kappa shape index (κ2) is 16.8. The van der Waals surface area contributed by atoms with Gasteiger partial charge < -0.3 is 29.3 Å². The number of aromatic nitrogens is 1. The van der Waals surface area contributed by atoms with Gasteiger partial charge in [0.2, 0.25) is 0 Å². The number of nitrogens with zero attached hydrogens (tertiary/aromatic N) is 3. The molecule has 1 saturated heterocycles. The molecule has 0 saturated carbocycles. The maximum atomic E-state index is 9.91. The highest BCUT2D eigenvalue weighted by Gasteiger charge is 2.19. The highest BCUT2D eigenvalue weighted by molar-refractivity contribution is 6.35. The molecule has 1 aromatic heterocycles. The van der Waals surface area contributed by atoms with E-state index >= 15 is 0 Å². The summed E-state index contributed by atoms with van der Waals surface area (Å²) in [5.74, 6) is 1.86. The van der Waals surface area contributed by atoms with E-state index in [4.69, 9.17) is 42.7 Å². The molecule has 5 rings (SSSR count). The van der Waals surface area contributed by atoms with E-state index in [1.165, 1.54) is 6.20 Å². The molecule has 0 bridgehead atoms. The third-order valence-electron chi connectivity index (χ3n) is 8.42. The van der Waals surface area contributed by atoms with Gasteiger partial charge >= 0.3 is 0 Å². The molecule has 0 spiro atoms. The van der Waals surface area contributed by atoms with Crippen molar-refractivity contribution in [2.24, 2.45) is 5.92 Å². The molecular formula is C37H39Cl2N3O5. The zero-order chi connectivity index (χ0) is 33.2. The predicted molar refractivity (Wildman–Crippen MR) is 183 cm³/mol. The van der Waals surface area contributed by atoms with Crippen molar-refractivity contribution in [1.29, 1.82) is 5.26 Å². The summed E-state index contributed by atoms with van der Waals surface area (Å²) in [5.41, 5.74) is 5.50. The number of piperidine rings is 1. The minimum absolute atomic E-state index is 0.158. The smallest absolute Gasteiger partial charge is 0.142 e. The zero-order valence-corrected chi connectivity index (χ0v) is 27.9. The Morgan fingerprint density at radius 3 is 2.55 bits per heavy atom. The first-order valence-corrected chi connectivity index (χ1v) is 16.5. The highest BCUT2D eigenvalue weighted by atomic mass is 35.5. The normalized spacial score (nSPS) is 14.9. The third-order valence-corrected chi connectivity index (χ3v) is 9.11. The Hall–Kier alpha value is -3.84. The quantitative estimate of drug-likeness (QED) is 0.134. The number of pyridine rings is 1. The second-order valence-corrected chi connectivity index (χ2v) is 12.5. The highest BCUT2D eigenvalue weighted by Crippen LogP contribution is 2.38. The number of aliphatic hydroxyl groups is 2. The van der Waals surface area contributed by atoms with Crippen LogP contribution in [0, 0.1) is 24.2 Å². The molecule has 8 nitrogen and oxygen atoms in total. The van der Waals surface area contributed by atoms with Gasteiger partial charge in [-0.3, -0.25) is 4.98 Å². The number of ether oxygens (including phenoxy) is 3. The molecule has 1 aliphatic heterocycles. The van der Waals surface area contributed by atoms with Gasteiger partial charge in [-0.1, -0.05) is 53.5 Å². The summed E-state index contributed by atoms with van der Waals surface area (Å²) in [6.45, 7) is 5.92. The van der Waals surface area contributed by atoms with Crippen LogP contribution < -0.4 is 14.2 Å². The number of likely N-dealkylation sites (tertiary alicyclic amines) is 1. The Kier molecular flexibility index (Phi) is 12.3. The predicted octanol–water partition coefficient (Wildman–Crippen LogP) is 7.36. The molecule has 1 atom stereocenters. The van der Waals surface area contributed by atoms with Crippen LogP contribution in [-0.2, 0) is 19.8 Å². The topological polar surface area (TPSA) is 108 Å². The number of benzene rings is 3. The minimum Gasteiger partial charge on any atom is -0.492 e. The number of nitriles is 1. The molecule has 2 heterocycles. The average molecular weight is 677 g/mol. The van der Waals surface area contributed by atoms with Crippen LogP contribution in [0.25, 0.3) is 11.1 Å². The van der Waals surface area contributed by atoms with E-state index in [0.29, 0.717) is 50.9 Å². The van der Waals surface area contributed by atoms with Crippen LogP contribution in [-0.4, -0.2) is 52.9 Å². The Bertz CT molecular complexity index is 1710. The van der Waals surface area contributed by atoms with Crippen molar-refractivity contribution in [2.45, 2.75) is 46.0 Å². The van der Waals surface area contributed by atoms with Crippen LogP contribution >= 0.6 is 23.2 Å². The van der Waals surface area contributed by atoms with Crippen molar-refractivity contribution in [3.63, 3.8) is 0 Å². The molecule has 47 heavy (non-hydrogen) atoms. The van der Waals surface area contributed by atoms with Crippen LogP contribution in [0.2, 0.25) is 10.0 Å². The Labute approximate surface area is 286 Å². The van der Waals surface area contributed by atoms with E-state index < -0.39 is 0 Å². The van der Waals surface area contributed by atoms with Crippen molar-refractivity contribution < 1.29 is 24.4 Å². The summed E-state index contributed by atoms with van der Waals surface area (Å²) in [6, 6.07) is 18.9. The van der Waals surface area contributed by atoms with Gasteiger partial charge in [-0.25, -0.2) is 0 Å².